The summed E-state index contributed by atoms with van der Waals surface area (Å²) < 4.78 is 0. The molecule has 0 saturated carbocycles. The van der Waals surface area contributed by atoms with Gasteiger partial charge in [0, 0.05) is 18.2 Å². The third kappa shape index (κ3) is 5.91. The van der Waals surface area contributed by atoms with Crippen molar-refractivity contribution in [2.24, 2.45) is 11.7 Å². The Morgan fingerprint density at radius 1 is 1.41 bits per heavy atom. The van der Waals surface area contributed by atoms with Crippen LogP contribution in [0.25, 0.3) is 11.3 Å². The second-order valence-corrected chi connectivity index (χ2v) is 7.16. The molecule has 2 rings (SSSR count). The molecular weight excluding hydrogens is 336 g/mol. The number of nitrogens with two attached hydrogens (primary N) is 1. The average Bonchev–Trinajstić information content (AvgIpc) is 3.02. The van der Waals surface area contributed by atoms with E-state index in [0.717, 1.165) is 47.4 Å². The molecule has 0 fully saturated rings. The van der Waals surface area contributed by atoms with Crippen LogP contribution in [0, 0.1) is 5.92 Å². The van der Waals surface area contributed by atoms with Crippen molar-refractivity contribution in [1.82, 2.24) is 15.6 Å². The normalized spacial score (nSPS) is 18.0. The molecule has 27 heavy (non-hydrogen) atoms. The SMILES string of the molecule is C=C(/C=C\NC(C)NC(=O)CC(C)CC)c1c[nH]c2c1CC=CC/C=C\2N. The number of aromatic nitrogens is 1. The van der Waals surface area contributed by atoms with E-state index in [1.54, 1.807) is 0 Å². The third-order valence-corrected chi connectivity index (χ3v) is 4.82. The summed E-state index contributed by atoms with van der Waals surface area (Å²) in [5, 5.41) is 6.13. The Labute approximate surface area is 162 Å². The highest BCUT2D eigenvalue weighted by Gasteiger charge is 2.14. The van der Waals surface area contributed by atoms with Gasteiger partial charge in [-0.05, 0) is 49.1 Å². The fourth-order valence-corrected chi connectivity index (χ4v) is 2.99. The van der Waals surface area contributed by atoms with Gasteiger partial charge in [0.05, 0.1) is 17.6 Å². The number of nitrogens with one attached hydrogen (secondary N) is 3. The van der Waals surface area contributed by atoms with Gasteiger partial charge in [0.1, 0.15) is 0 Å². The van der Waals surface area contributed by atoms with Gasteiger partial charge in [0.2, 0.25) is 5.91 Å². The number of allylic oxidation sites excluding steroid dienone is 5. The van der Waals surface area contributed by atoms with E-state index in [2.05, 4.69) is 48.2 Å². The Kier molecular flexibility index (Phi) is 7.53. The van der Waals surface area contributed by atoms with Crippen LogP contribution >= 0.6 is 0 Å². The van der Waals surface area contributed by atoms with Crippen molar-refractivity contribution >= 4 is 17.2 Å². The summed E-state index contributed by atoms with van der Waals surface area (Å²) in [4.78, 5) is 15.2. The Bertz CT molecular complexity index is 754. The number of carbonyl (C=O) groups is 1. The summed E-state index contributed by atoms with van der Waals surface area (Å²) in [6, 6.07) is 0. The molecule has 1 aromatic rings. The van der Waals surface area contributed by atoms with Gasteiger partial charge in [-0.15, -0.1) is 0 Å². The first-order chi connectivity index (χ1) is 12.9. The van der Waals surface area contributed by atoms with E-state index in [0.29, 0.717) is 12.3 Å². The van der Waals surface area contributed by atoms with Crippen LogP contribution in [0.2, 0.25) is 0 Å². The molecule has 1 aliphatic rings. The molecule has 146 valence electrons. The van der Waals surface area contributed by atoms with Crippen LogP contribution in [-0.2, 0) is 11.2 Å². The van der Waals surface area contributed by atoms with E-state index in [1.807, 2.05) is 31.5 Å². The Balaban J connectivity index is 1.95. The van der Waals surface area contributed by atoms with Crippen molar-refractivity contribution in [2.75, 3.05) is 0 Å². The number of rotatable bonds is 8. The maximum atomic E-state index is 11.9. The highest BCUT2D eigenvalue weighted by molar-refractivity contribution is 5.79. The molecule has 0 spiro atoms. The maximum Gasteiger partial charge on any atom is 0.221 e. The topological polar surface area (TPSA) is 82.9 Å². The molecule has 1 aromatic heterocycles. The van der Waals surface area contributed by atoms with E-state index in [4.69, 9.17) is 5.73 Å². The molecule has 0 aliphatic heterocycles. The van der Waals surface area contributed by atoms with E-state index in [-0.39, 0.29) is 12.1 Å². The largest absolute Gasteiger partial charge is 0.397 e. The number of aromatic amines is 1. The Morgan fingerprint density at radius 3 is 2.93 bits per heavy atom. The average molecular weight is 369 g/mol. The Hall–Kier alpha value is -2.69. The molecule has 0 aromatic carbocycles. The van der Waals surface area contributed by atoms with E-state index in [1.165, 1.54) is 0 Å². The summed E-state index contributed by atoms with van der Waals surface area (Å²) in [5.74, 6) is 0.466. The maximum absolute atomic E-state index is 11.9. The molecule has 2 unspecified atom stereocenters. The molecule has 0 saturated heterocycles. The quantitative estimate of drug-likeness (QED) is 0.320. The second kappa shape index (κ2) is 9.86. The molecule has 1 heterocycles. The predicted molar refractivity (Wildman–Crippen MR) is 113 cm³/mol. The number of hydrogen-bond acceptors (Lipinski definition) is 3. The van der Waals surface area contributed by atoms with Crippen molar-refractivity contribution in [3.8, 4) is 0 Å². The van der Waals surface area contributed by atoms with E-state index < -0.39 is 0 Å². The summed E-state index contributed by atoms with van der Waals surface area (Å²) >= 11 is 0. The van der Waals surface area contributed by atoms with Crippen LogP contribution in [0.1, 0.15) is 56.9 Å². The van der Waals surface area contributed by atoms with Crippen LogP contribution in [0.15, 0.2) is 43.3 Å². The number of H-pyrrole nitrogens is 1. The van der Waals surface area contributed by atoms with Gasteiger partial charge in [-0.3, -0.25) is 4.79 Å². The van der Waals surface area contributed by atoms with Gasteiger partial charge in [-0.25, -0.2) is 0 Å². The summed E-state index contributed by atoms with van der Waals surface area (Å²) in [7, 11) is 0. The van der Waals surface area contributed by atoms with Crippen LogP contribution in [0.5, 0.6) is 0 Å². The van der Waals surface area contributed by atoms with Crippen molar-refractivity contribution < 1.29 is 4.79 Å². The lowest BCUT2D eigenvalue weighted by atomic mass is 9.98. The van der Waals surface area contributed by atoms with Crippen LogP contribution in [0.3, 0.4) is 0 Å². The van der Waals surface area contributed by atoms with Crippen LogP contribution in [-0.4, -0.2) is 17.1 Å². The lowest BCUT2D eigenvalue weighted by Gasteiger charge is -2.16. The highest BCUT2D eigenvalue weighted by atomic mass is 16.1. The molecule has 5 nitrogen and oxygen atoms in total. The highest BCUT2D eigenvalue weighted by Crippen LogP contribution is 2.27. The summed E-state index contributed by atoms with van der Waals surface area (Å²) in [6.07, 6.45) is 15.1. The zero-order valence-electron chi connectivity index (χ0n) is 16.6. The lowest BCUT2D eigenvalue weighted by molar-refractivity contribution is -0.122. The first-order valence-electron chi connectivity index (χ1n) is 9.64. The van der Waals surface area contributed by atoms with Crippen molar-refractivity contribution in [1.29, 1.82) is 0 Å². The van der Waals surface area contributed by atoms with Gasteiger partial charge < -0.3 is 21.4 Å². The van der Waals surface area contributed by atoms with Crippen molar-refractivity contribution in [3.05, 3.63) is 60.1 Å². The Morgan fingerprint density at radius 2 is 2.19 bits per heavy atom. The summed E-state index contributed by atoms with van der Waals surface area (Å²) in [5.41, 5.74) is 11.0. The molecule has 1 amide bonds. The third-order valence-electron chi connectivity index (χ3n) is 4.82. The molecular formula is C22H32N4O. The van der Waals surface area contributed by atoms with Gasteiger partial charge in [-0.1, -0.05) is 45.1 Å². The van der Waals surface area contributed by atoms with Gasteiger partial charge >= 0.3 is 0 Å². The molecule has 5 N–H and O–H groups in total. The number of fused-ring (bicyclic) bond motifs is 1. The second-order valence-electron chi connectivity index (χ2n) is 7.16. The molecule has 1 aliphatic carbocycles. The van der Waals surface area contributed by atoms with Gasteiger partial charge in [0.15, 0.2) is 0 Å². The zero-order valence-corrected chi connectivity index (χ0v) is 16.6. The number of hydrogen-bond donors (Lipinski definition) is 4. The molecule has 2 atom stereocenters. The standard InChI is InChI=1S/C22H32N4O/c1-5-15(2)13-21(27)26-17(4)24-12-11-16(3)19-14-25-22-18(19)9-7-6-8-10-20(22)23/h6-7,10-12,14-15,17,24-25H,3,5,8-9,13,23H2,1-2,4H3,(H,26,27)/b7-6?,12-11-,20-10+. The fraction of sp³-hybridized carbons (Fsp3) is 0.409. The minimum Gasteiger partial charge on any atom is -0.397 e. The van der Waals surface area contributed by atoms with Crippen LogP contribution < -0.4 is 16.4 Å². The fourth-order valence-electron chi connectivity index (χ4n) is 2.99. The smallest absolute Gasteiger partial charge is 0.221 e. The number of carbonyl (C=O) groups excluding carboxylic acids is 1. The van der Waals surface area contributed by atoms with E-state index in [9.17, 15) is 4.79 Å². The van der Waals surface area contributed by atoms with Gasteiger partial charge in [0.25, 0.3) is 0 Å². The van der Waals surface area contributed by atoms with Gasteiger partial charge in [-0.2, -0.15) is 0 Å². The molecule has 0 bridgehead atoms. The first-order valence-corrected chi connectivity index (χ1v) is 9.64. The predicted octanol–water partition coefficient (Wildman–Crippen LogP) is 3.83. The summed E-state index contributed by atoms with van der Waals surface area (Å²) in [6.45, 7) is 10.3. The number of amides is 1. The van der Waals surface area contributed by atoms with Crippen LogP contribution in [0.4, 0.5) is 0 Å². The first kappa shape index (κ1) is 20.6. The van der Waals surface area contributed by atoms with Crippen molar-refractivity contribution in [2.45, 2.75) is 52.6 Å². The minimum atomic E-state index is -0.140. The minimum absolute atomic E-state index is 0.0673. The lowest BCUT2D eigenvalue weighted by Crippen LogP contribution is -2.41. The van der Waals surface area contributed by atoms with E-state index >= 15 is 0 Å². The zero-order chi connectivity index (χ0) is 19.8. The monoisotopic (exact) mass is 368 g/mol. The molecule has 0 radical (unpaired) electrons. The molecule has 5 heteroatoms. The van der Waals surface area contributed by atoms with Crippen molar-refractivity contribution in [3.63, 3.8) is 0 Å².